The standard InChI is InChI=1S/C63H47N/c1-63(2)60-43-58(57(50-26-16-7-17-27-50)42-59(60)61-55(48-22-12-5-13-23-48)40-41-56(62(61)63)49-24-14-6-15-25-49)51-32-38-54(39-33-51)64(52-34-28-46(29-35-52)44-18-8-3-9-19-44)53-36-30-47(31-37-53)45-20-10-4-11-21-45/h3-43H,1-2H3. The molecule has 1 aliphatic carbocycles. The lowest BCUT2D eigenvalue weighted by atomic mass is 9.77. The molecule has 0 heterocycles. The predicted molar refractivity (Wildman–Crippen MR) is 271 cm³/mol. The summed E-state index contributed by atoms with van der Waals surface area (Å²) < 4.78 is 0. The van der Waals surface area contributed by atoms with Gasteiger partial charge in [0.05, 0.1) is 0 Å². The second-order valence-electron chi connectivity index (χ2n) is 17.3. The van der Waals surface area contributed by atoms with Gasteiger partial charge in [-0.15, -0.1) is 0 Å². The fourth-order valence-electron chi connectivity index (χ4n) is 9.91. The first-order valence-corrected chi connectivity index (χ1v) is 22.3. The zero-order valence-electron chi connectivity index (χ0n) is 36.1. The molecule has 0 bridgehead atoms. The average molecular weight is 818 g/mol. The van der Waals surface area contributed by atoms with Crippen molar-refractivity contribution in [2.45, 2.75) is 19.3 Å². The lowest BCUT2D eigenvalue weighted by Gasteiger charge is -2.27. The molecular formula is C63H47N. The normalized spacial score (nSPS) is 12.3. The molecule has 0 spiro atoms. The van der Waals surface area contributed by atoms with Crippen LogP contribution in [-0.2, 0) is 5.41 Å². The van der Waals surface area contributed by atoms with Crippen LogP contribution in [0.3, 0.4) is 0 Å². The second-order valence-corrected chi connectivity index (χ2v) is 17.3. The van der Waals surface area contributed by atoms with Gasteiger partial charge in [-0.2, -0.15) is 0 Å². The van der Waals surface area contributed by atoms with Crippen molar-refractivity contribution in [3.05, 3.63) is 260 Å². The fraction of sp³-hybridized carbons (Fsp3) is 0.0476. The van der Waals surface area contributed by atoms with E-state index in [9.17, 15) is 0 Å². The third-order valence-electron chi connectivity index (χ3n) is 13.1. The molecule has 0 aromatic heterocycles. The highest BCUT2D eigenvalue weighted by molar-refractivity contribution is 6.01. The minimum atomic E-state index is -0.265. The maximum absolute atomic E-state index is 2.50. The highest BCUT2D eigenvalue weighted by Gasteiger charge is 2.40. The summed E-state index contributed by atoms with van der Waals surface area (Å²) in [6.07, 6.45) is 0. The molecule has 0 saturated carbocycles. The van der Waals surface area contributed by atoms with Crippen molar-refractivity contribution >= 4 is 17.1 Å². The molecule has 0 amide bonds. The summed E-state index contributed by atoms with van der Waals surface area (Å²) in [5.41, 5.74) is 23.1. The fourth-order valence-corrected chi connectivity index (χ4v) is 9.91. The molecule has 0 unspecified atom stereocenters. The van der Waals surface area contributed by atoms with Gasteiger partial charge in [0.1, 0.15) is 0 Å². The van der Waals surface area contributed by atoms with Gasteiger partial charge in [0.25, 0.3) is 0 Å². The van der Waals surface area contributed by atoms with Crippen LogP contribution in [0.1, 0.15) is 25.0 Å². The van der Waals surface area contributed by atoms with E-state index in [0.717, 1.165) is 17.1 Å². The van der Waals surface area contributed by atoms with Gasteiger partial charge in [0.2, 0.25) is 0 Å². The quantitative estimate of drug-likeness (QED) is 0.140. The Kier molecular flexibility index (Phi) is 9.94. The van der Waals surface area contributed by atoms with Crippen molar-refractivity contribution in [3.63, 3.8) is 0 Å². The Balaban J connectivity index is 1.05. The number of nitrogens with zero attached hydrogens (tertiary/aromatic N) is 1. The molecular weight excluding hydrogens is 771 g/mol. The number of fused-ring (bicyclic) bond motifs is 3. The average Bonchev–Trinajstić information content (AvgIpc) is 3.61. The van der Waals surface area contributed by atoms with Crippen LogP contribution >= 0.6 is 0 Å². The van der Waals surface area contributed by atoms with E-state index in [1.54, 1.807) is 0 Å². The zero-order chi connectivity index (χ0) is 43.0. The zero-order valence-corrected chi connectivity index (χ0v) is 36.1. The maximum atomic E-state index is 2.50. The molecule has 0 saturated heterocycles. The Hall–Kier alpha value is -8.00. The molecule has 10 aromatic carbocycles. The molecule has 0 atom stereocenters. The summed E-state index contributed by atoms with van der Waals surface area (Å²) in [5, 5.41) is 0. The lowest BCUT2D eigenvalue weighted by Crippen LogP contribution is -2.16. The summed E-state index contributed by atoms with van der Waals surface area (Å²) in [5.74, 6) is 0. The van der Waals surface area contributed by atoms with Crippen molar-refractivity contribution in [1.82, 2.24) is 0 Å². The monoisotopic (exact) mass is 817 g/mol. The van der Waals surface area contributed by atoms with Crippen LogP contribution in [0.5, 0.6) is 0 Å². The van der Waals surface area contributed by atoms with E-state index in [1.807, 2.05) is 0 Å². The summed E-state index contributed by atoms with van der Waals surface area (Å²) in [4.78, 5) is 2.37. The van der Waals surface area contributed by atoms with Crippen molar-refractivity contribution < 1.29 is 0 Å². The van der Waals surface area contributed by atoms with Gasteiger partial charge in [0.15, 0.2) is 0 Å². The number of hydrogen-bond donors (Lipinski definition) is 0. The maximum Gasteiger partial charge on any atom is 0.0462 e. The number of hydrogen-bond acceptors (Lipinski definition) is 1. The highest BCUT2D eigenvalue weighted by atomic mass is 15.1. The molecule has 1 heteroatoms. The molecule has 1 aliphatic rings. The van der Waals surface area contributed by atoms with E-state index in [-0.39, 0.29) is 5.41 Å². The summed E-state index contributed by atoms with van der Waals surface area (Å²) in [6, 6.07) is 90.6. The van der Waals surface area contributed by atoms with Gasteiger partial charge in [-0.25, -0.2) is 0 Å². The van der Waals surface area contributed by atoms with E-state index >= 15 is 0 Å². The topological polar surface area (TPSA) is 3.24 Å². The van der Waals surface area contributed by atoms with Gasteiger partial charge in [0, 0.05) is 22.5 Å². The Morgan fingerprint density at radius 1 is 0.266 bits per heavy atom. The Labute approximate surface area is 377 Å². The number of anilines is 3. The van der Waals surface area contributed by atoms with Crippen LogP contribution in [0, 0.1) is 0 Å². The Morgan fingerprint density at radius 2 is 0.578 bits per heavy atom. The molecule has 10 aromatic rings. The second kappa shape index (κ2) is 16.4. The van der Waals surface area contributed by atoms with Crippen LogP contribution in [0.2, 0.25) is 0 Å². The first-order valence-electron chi connectivity index (χ1n) is 22.3. The first-order chi connectivity index (χ1) is 31.5. The van der Waals surface area contributed by atoms with Crippen LogP contribution in [0.25, 0.3) is 77.9 Å². The lowest BCUT2D eigenvalue weighted by molar-refractivity contribution is 0.662. The summed E-state index contributed by atoms with van der Waals surface area (Å²) >= 11 is 0. The minimum Gasteiger partial charge on any atom is -0.311 e. The molecule has 0 aliphatic heterocycles. The van der Waals surface area contributed by atoms with Crippen molar-refractivity contribution in [1.29, 1.82) is 0 Å². The van der Waals surface area contributed by atoms with Crippen LogP contribution in [-0.4, -0.2) is 0 Å². The van der Waals surface area contributed by atoms with Crippen LogP contribution in [0.15, 0.2) is 249 Å². The van der Waals surface area contributed by atoms with Crippen LogP contribution in [0.4, 0.5) is 17.1 Å². The van der Waals surface area contributed by atoms with Gasteiger partial charge in [-0.3, -0.25) is 0 Å². The minimum absolute atomic E-state index is 0.265. The third kappa shape index (κ3) is 7.02. The SMILES string of the molecule is CC1(C)c2cc(-c3ccc(N(c4ccc(-c5ccccc5)cc4)c4ccc(-c5ccccc5)cc4)cc3)c(-c3ccccc3)cc2-c2c(-c3ccccc3)ccc(-c3ccccc3)c21. The highest BCUT2D eigenvalue weighted by Crippen LogP contribution is 2.57. The van der Waals surface area contributed by atoms with Gasteiger partial charge in [-0.05, 0) is 138 Å². The van der Waals surface area contributed by atoms with Crippen LogP contribution < -0.4 is 4.90 Å². The van der Waals surface area contributed by atoms with E-state index in [0.29, 0.717) is 0 Å². The van der Waals surface area contributed by atoms with E-state index in [2.05, 4.69) is 267 Å². The van der Waals surface area contributed by atoms with Crippen molar-refractivity contribution in [2.75, 3.05) is 4.90 Å². The molecule has 304 valence electrons. The Bertz CT molecular complexity index is 3130. The Morgan fingerprint density at radius 3 is 1.02 bits per heavy atom. The number of benzene rings is 10. The smallest absolute Gasteiger partial charge is 0.0462 e. The first kappa shape index (κ1) is 38.9. The summed E-state index contributed by atoms with van der Waals surface area (Å²) in [6.45, 7) is 4.83. The van der Waals surface area contributed by atoms with Gasteiger partial charge >= 0.3 is 0 Å². The molecule has 1 nitrogen and oxygen atoms in total. The molecule has 11 rings (SSSR count). The summed E-state index contributed by atoms with van der Waals surface area (Å²) in [7, 11) is 0. The molecule has 0 fully saturated rings. The number of rotatable bonds is 9. The van der Waals surface area contributed by atoms with E-state index < -0.39 is 0 Å². The van der Waals surface area contributed by atoms with Gasteiger partial charge < -0.3 is 4.90 Å². The van der Waals surface area contributed by atoms with E-state index in [1.165, 1.54) is 89.0 Å². The van der Waals surface area contributed by atoms with Crippen molar-refractivity contribution in [2.24, 2.45) is 0 Å². The van der Waals surface area contributed by atoms with Gasteiger partial charge in [-0.1, -0.05) is 214 Å². The molecule has 64 heavy (non-hydrogen) atoms. The predicted octanol–water partition coefficient (Wildman–Crippen LogP) is 17.5. The molecule has 0 radical (unpaired) electrons. The van der Waals surface area contributed by atoms with Crippen molar-refractivity contribution in [3.8, 4) is 77.9 Å². The largest absolute Gasteiger partial charge is 0.311 e. The molecule has 0 N–H and O–H groups in total. The third-order valence-corrected chi connectivity index (χ3v) is 13.1. The van der Waals surface area contributed by atoms with E-state index in [4.69, 9.17) is 0 Å².